The highest BCUT2D eigenvalue weighted by Gasteiger charge is 2.25. The first-order valence-corrected chi connectivity index (χ1v) is 3.30. The quantitative estimate of drug-likeness (QED) is 0.525. The molecule has 1 aliphatic rings. The topological polar surface area (TPSA) is 72.5 Å². The molecule has 1 fully saturated rings. The maximum absolute atomic E-state index is 10.3. The number of hydrogen-bond acceptors (Lipinski definition) is 3. The summed E-state index contributed by atoms with van der Waals surface area (Å²) in [7, 11) is 0. The van der Waals surface area contributed by atoms with Gasteiger partial charge in [0.05, 0.1) is 0 Å². The Morgan fingerprint density at radius 1 is 1.70 bits per heavy atom. The third kappa shape index (κ3) is 1.68. The van der Waals surface area contributed by atoms with Crippen LogP contribution in [0.2, 0.25) is 0 Å². The molecule has 10 heavy (non-hydrogen) atoms. The molecule has 0 aromatic rings. The highest BCUT2D eigenvalue weighted by molar-refractivity contribution is 5.72. The van der Waals surface area contributed by atoms with Gasteiger partial charge in [-0.15, -0.1) is 0 Å². The molecule has 0 spiro atoms. The number of hydrogen-bond donors (Lipinski definition) is 2. The summed E-state index contributed by atoms with van der Waals surface area (Å²) in [6.07, 6.45) is 0.530. The van der Waals surface area contributed by atoms with Crippen LogP contribution < -0.4 is 5.73 Å². The van der Waals surface area contributed by atoms with E-state index in [0.29, 0.717) is 13.0 Å². The van der Waals surface area contributed by atoms with Gasteiger partial charge in [0.2, 0.25) is 0 Å². The zero-order valence-electron chi connectivity index (χ0n) is 5.62. The Balaban J connectivity index is 2.39. The van der Waals surface area contributed by atoms with Gasteiger partial charge in [0.1, 0.15) is 0 Å². The summed E-state index contributed by atoms with van der Waals surface area (Å²) in [5.41, 5.74) is 5.52. The van der Waals surface area contributed by atoms with Crippen LogP contribution in [-0.2, 0) is 9.53 Å². The van der Waals surface area contributed by atoms with Crippen molar-refractivity contribution in [3.63, 3.8) is 0 Å². The monoisotopic (exact) mass is 145 g/mol. The van der Waals surface area contributed by atoms with E-state index in [4.69, 9.17) is 15.6 Å². The zero-order valence-corrected chi connectivity index (χ0v) is 5.62. The van der Waals surface area contributed by atoms with E-state index >= 15 is 0 Å². The van der Waals surface area contributed by atoms with Crippen molar-refractivity contribution in [3.8, 4) is 0 Å². The zero-order chi connectivity index (χ0) is 7.56. The number of carboxylic acid groups (broad SMARTS) is 1. The van der Waals surface area contributed by atoms with Crippen LogP contribution in [0.15, 0.2) is 0 Å². The molecule has 1 rings (SSSR count). The van der Waals surface area contributed by atoms with E-state index in [2.05, 4.69) is 0 Å². The molecule has 3 N–H and O–H groups in total. The Hall–Kier alpha value is -0.610. The Bertz CT molecular complexity index is 137. The van der Waals surface area contributed by atoms with Crippen molar-refractivity contribution < 1.29 is 14.6 Å². The molecule has 4 nitrogen and oxygen atoms in total. The number of nitrogens with two attached hydrogens (primary N) is 1. The van der Waals surface area contributed by atoms with Gasteiger partial charge in [-0.25, -0.2) is 4.79 Å². The molecule has 58 valence electrons. The van der Waals surface area contributed by atoms with Crippen molar-refractivity contribution in [2.75, 3.05) is 6.61 Å². The smallest absolute Gasteiger partial charge is 0.332 e. The summed E-state index contributed by atoms with van der Waals surface area (Å²) in [4.78, 5) is 10.3. The number of rotatable bonds is 1. The van der Waals surface area contributed by atoms with Gasteiger partial charge in [0.15, 0.2) is 6.10 Å². The molecule has 0 bridgehead atoms. The Morgan fingerprint density at radius 2 is 2.40 bits per heavy atom. The van der Waals surface area contributed by atoms with Crippen molar-refractivity contribution >= 4 is 5.97 Å². The SMILES string of the molecule is N[C@@H]1CCO[C@@H](C(=O)O)C1. The largest absolute Gasteiger partial charge is 0.479 e. The second kappa shape index (κ2) is 2.98. The molecule has 4 heteroatoms. The summed E-state index contributed by atoms with van der Waals surface area (Å²) in [5, 5.41) is 8.48. The van der Waals surface area contributed by atoms with Gasteiger partial charge in [0, 0.05) is 12.6 Å². The van der Waals surface area contributed by atoms with Crippen LogP contribution in [0, 0.1) is 0 Å². The molecule has 0 unspecified atom stereocenters. The van der Waals surface area contributed by atoms with Crippen molar-refractivity contribution in [2.24, 2.45) is 5.73 Å². The first-order valence-electron chi connectivity index (χ1n) is 3.30. The number of ether oxygens (including phenoxy) is 1. The van der Waals surface area contributed by atoms with E-state index in [1.807, 2.05) is 0 Å². The normalized spacial score (nSPS) is 33.7. The van der Waals surface area contributed by atoms with Crippen LogP contribution >= 0.6 is 0 Å². The molecule has 0 saturated carbocycles. The lowest BCUT2D eigenvalue weighted by Gasteiger charge is -2.23. The Morgan fingerprint density at radius 3 is 2.80 bits per heavy atom. The van der Waals surface area contributed by atoms with Gasteiger partial charge in [0.25, 0.3) is 0 Å². The van der Waals surface area contributed by atoms with Crippen LogP contribution in [0.1, 0.15) is 12.8 Å². The molecule has 2 atom stereocenters. The average molecular weight is 145 g/mol. The minimum absolute atomic E-state index is 0.00477. The summed E-state index contributed by atoms with van der Waals surface area (Å²) in [6.45, 7) is 0.470. The van der Waals surface area contributed by atoms with Crippen LogP contribution in [0.5, 0.6) is 0 Å². The predicted octanol–water partition coefficient (Wildman–Crippen LogP) is -0.423. The third-order valence-corrected chi connectivity index (χ3v) is 1.60. The lowest BCUT2D eigenvalue weighted by atomic mass is 10.0. The van der Waals surface area contributed by atoms with Gasteiger partial charge in [-0.3, -0.25) is 0 Å². The number of aliphatic carboxylic acids is 1. The highest BCUT2D eigenvalue weighted by Crippen LogP contribution is 2.11. The third-order valence-electron chi connectivity index (χ3n) is 1.60. The maximum atomic E-state index is 10.3. The summed E-state index contributed by atoms with van der Waals surface area (Å²) in [5.74, 6) is -0.907. The van der Waals surface area contributed by atoms with Crippen molar-refractivity contribution in [1.29, 1.82) is 0 Å². The van der Waals surface area contributed by atoms with Gasteiger partial charge in [-0.05, 0) is 12.8 Å². The minimum Gasteiger partial charge on any atom is -0.479 e. The molecule has 1 heterocycles. The van der Waals surface area contributed by atoms with E-state index < -0.39 is 12.1 Å². The molecule has 1 saturated heterocycles. The fourth-order valence-electron chi connectivity index (χ4n) is 0.995. The van der Waals surface area contributed by atoms with Crippen molar-refractivity contribution in [2.45, 2.75) is 25.0 Å². The van der Waals surface area contributed by atoms with Gasteiger partial charge in [-0.2, -0.15) is 0 Å². The Labute approximate surface area is 59.0 Å². The number of carbonyl (C=O) groups is 1. The van der Waals surface area contributed by atoms with Crippen LogP contribution in [-0.4, -0.2) is 29.8 Å². The van der Waals surface area contributed by atoms with Crippen molar-refractivity contribution in [1.82, 2.24) is 0 Å². The average Bonchev–Trinajstić information content (AvgIpc) is 1.88. The Kier molecular flexibility index (Phi) is 2.24. The first-order chi connectivity index (χ1) is 4.70. The fraction of sp³-hybridized carbons (Fsp3) is 0.833. The lowest BCUT2D eigenvalue weighted by Crippen LogP contribution is -2.38. The first kappa shape index (κ1) is 7.50. The number of carboxylic acids is 1. The highest BCUT2D eigenvalue weighted by atomic mass is 16.5. The van der Waals surface area contributed by atoms with Crippen LogP contribution in [0.25, 0.3) is 0 Å². The van der Waals surface area contributed by atoms with E-state index in [1.165, 1.54) is 0 Å². The molecule has 1 aliphatic heterocycles. The molecular formula is C6H11NO3. The second-order valence-corrected chi connectivity index (χ2v) is 2.48. The van der Waals surface area contributed by atoms with Gasteiger partial charge >= 0.3 is 5.97 Å². The molecular weight excluding hydrogens is 134 g/mol. The second-order valence-electron chi connectivity index (χ2n) is 2.48. The molecule has 0 aromatic carbocycles. The molecule has 0 aliphatic carbocycles. The van der Waals surface area contributed by atoms with Gasteiger partial charge < -0.3 is 15.6 Å². The summed E-state index contributed by atoms with van der Waals surface area (Å²) >= 11 is 0. The van der Waals surface area contributed by atoms with Crippen molar-refractivity contribution in [3.05, 3.63) is 0 Å². The molecule has 0 amide bonds. The predicted molar refractivity (Wildman–Crippen MR) is 34.6 cm³/mol. The fourth-order valence-corrected chi connectivity index (χ4v) is 0.995. The van der Waals surface area contributed by atoms with Crippen LogP contribution in [0.4, 0.5) is 0 Å². The molecule has 0 aromatic heterocycles. The standard InChI is InChI=1S/C6H11NO3/c7-4-1-2-10-5(3-4)6(8)9/h4-5H,1-3,7H2,(H,8,9)/t4-,5-/m1/s1. The summed E-state index contributed by atoms with van der Waals surface area (Å²) < 4.78 is 4.93. The van der Waals surface area contributed by atoms with E-state index in [1.54, 1.807) is 0 Å². The maximum Gasteiger partial charge on any atom is 0.332 e. The summed E-state index contributed by atoms with van der Waals surface area (Å²) in [6, 6.07) is -0.00477. The van der Waals surface area contributed by atoms with E-state index in [9.17, 15) is 4.79 Å². The molecule has 0 radical (unpaired) electrons. The lowest BCUT2D eigenvalue weighted by molar-refractivity contribution is -0.153. The minimum atomic E-state index is -0.907. The van der Waals surface area contributed by atoms with Crippen LogP contribution in [0.3, 0.4) is 0 Å². The van der Waals surface area contributed by atoms with E-state index in [0.717, 1.165) is 6.42 Å². The van der Waals surface area contributed by atoms with Gasteiger partial charge in [-0.1, -0.05) is 0 Å². The van der Waals surface area contributed by atoms with E-state index in [-0.39, 0.29) is 6.04 Å².